The van der Waals surface area contributed by atoms with Gasteiger partial charge in [0.25, 0.3) is 0 Å². The smallest absolute Gasteiger partial charge is 0.0783 e. The minimum atomic E-state index is 0.350. The lowest BCUT2D eigenvalue weighted by molar-refractivity contribution is 0.135. The zero-order valence-corrected chi connectivity index (χ0v) is 7.23. The molecule has 1 atom stereocenters. The Hall–Kier alpha value is -0.340. The van der Waals surface area contributed by atoms with Gasteiger partial charge in [-0.25, -0.2) is 0 Å². The van der Waals surface area contributed by atoms with Crippen LogP contribution in [-0.4, -0.2) is 26.3 Å². The van der Waals surface area contributed by atoms with Crippen molar-refractivity contribution in [3.63, 3.8) is 0 Å². The quantitative estimate of drug-likeness (QED) is 0.618. The Balaban J connectivity index is 2.17. The third kappa shape index (κ3) is 2.64. The molecular formula is C9H17NO. The van der Waals surface area contributed by atoms with Gasteiger partial charge in [0.1, 0.15) is 0 Å². The van der Waals surface area contributed by atoms with Gasteiger partial charge in [0.2, 0.25) is 0 Å². The lowest BCUT2D eigenvalue weighted by Crippen LogP contribution is -2.14. The zero-order valence-electron chi connectivity index (χ0n) is 7.23. The van der Waals surface area contributed by atoms with Crippen LogP contribution in [0.25, 0.3) is 0 Å². The van der Waals surface area contributed by atoms with E-state index in [0.717, 1.165) is 19.6 Å². The van der Waals surface area contributed by atoms with Gasteiger partial charge >= 0.3 is 0 Å². The minimum Gasteiger partial charge on any atom is -0.374 e. The molecule has 64 valence electrons. The van der Waals surface area contributed by atoms with Crippen LogP contribution in [0.1, 0.15) is 19.3 Å². The summed E-state index contributed by atoms with van der Waals surface area (Å²) in [7, 11) is 1.96. The van der Waals surface area contributed by atoms with Gasteiger partial charge in [-0.05, 0) is 38.4 Å². The maximum Gasteiger partial charge on any atom is 0.0783 e. The molecule has 1 aliphatic heterocycles. The number of rotatable bonds is 4. The fourth-order valence-corrected chi connectivity index (χ4v) is 1.35. The van der Waals surface area contributed by atoms with E-state index in [1.54, 1.807) is 0 Å². The lowest BCUT2D eigenvalue weighted by atomic mass is 10.1. The van der Waals surface area contributed by atoms with Crippen LogP contribution in [0.15, 0.2) is 12.2 Å². The van der Waals surface area contributed by atoms with E-state index in [0.29, 0.717) is 6.10 Å². The highest BCUT2D eigenvalue weighted by atomic mass is 16.5. The molecule has 1 heterocycles. The second-order valence-corrected chi connectivity index (χ2v) is 3.01. The van der Waals surface area contributed by atoms with Crippen LogP contribution in [0.5, 0.6) is 0 Å². The van der Waals surface area contributed by atoms with Crippen molar-refractivity contribution < 1.29 is 4.74 Å². The first-order valence-electron chi connectivity index (χ1n) is 4.28. The van der Waals surface area contributed by atoms with E-state index >= 15 is 0 Å². The highest BCUT2D eigenvalue weighted by molar-refractivity contribution is 5.04. The fraction of sp³-hybridized carbons (Fsp3) is 0.778. The summed E-state index contributed by atoms with van der Waals surface area (Å²) in [5.41, 5.74) is 1.25. The fourth-order valence-electron chi connectivity index (χ4n) is 1.35. The molecule has 0 spiro atoms. The molecule has 1 fully saturated rings. The number of ether oxygens (including phenoxy) is 1. The molecule has 0 aromatic carbocycles. The second kappa shape index (κ2) is 4.52. The topological polar surface area (TPSA) is 21.3 Å². The summed E-state index contributed by atoms with van der Waals surface area (Å²) in [4.78, 5) is 0. The molecule has 1 saturated heterocycles. The SMILES string of the molecule is C=C(CCNC)C1CCCO1. The van der Waals surface area contributed by atoms with Crippen molar-refractivity contribution in [1.29, 1.82) is 0 Å². The highest BCUT2D eigenvalue weighted by Crippen LogP contribution is 2.20. The van der Waals surface area contributed by atoms with Gasteiger partial charge in [0.15, 0.2) is 0 Å². The predicted octanol–water partition coefficient (Wildman–Crippen LogP) is 1.33. The number of hydrogen-bond donors (Lipinski definition) is 1. The predicted molar refractivity (Wildman–Crippen MR) is 46.7 cm³/mol. The van der Waals surface area contributed by atoms with Gasteiger partial charge in [-0.2, -0.15) is 0 Å². The van der Waals surface area contributed by atoms with E-state index in [1.807, 2.05) is 7.05 Å². The van der Waals surface area contributed by atoms with Crippen LogP contribution in [0.3, 0.4) is 0 Å². The van der Waals surface area contributed by atoms with E-state index in [4.69, 9.17) is 4.74 Å². The minimum absolute atomic E-state index is 0.350. The van der Waals surface area contributed by atoms with Gasteiger partial charge in [-0.1, -0.05) is 6.58 Å². The molecule has 1 rings (SSSR count). The van der Waals surface area contributed by atoms with Crippen LogP contribution in [0.2, 0.25) is 0 Å². The summed E-state index contributed by atoms with van der Waals surface area (Å²) >= 11 is 0. The van der Waals surface area contributed by atoms with Crippen LogP contribution in [-0.2, 0) is 4.74 Å². The summed E-state index contributed by atoms with van der Waals surface area (Å²) in [6, 6.07) is 0. The average Bonchev–Trinajstić information content (AvgIpc) is 2.52. The van der Waals surface area contributed by atoms with Crippen molar-refractivity contribution in [1.82, 2.24) is 5.32 Å². The molecule has 1 unspecified atom stereocenters. The molecule has 2 heteroatoms. The van der Waals surface area contributed by atoms with Crippen LogP contribution in [0.4, 0.5) is 0 Å². The molecule has 0 aromatic heterocycles. The van der Waals surface area contributed by atoms with E-state index in [2.05, 4.69) is 11.9 Å². The third-order valence-electron chi connectivity index (χ3n) is 2.08. The number of hydrogen-bond acceptors (Lipinski definition) is 2. The van der Waals surface area contributed by atoms with E-state index in [-0.39, 0.29) is 0 Å². The van der Waals surface area contributed by atoms with E-state index in [1.165, 1.54) is 18.4 Å². The standard InChI is InChI=1S/C9H17NO/c1-8(5-6-10-2)9-4-3-7-11-9/h9-10H,1,3-7H2,2H3. The van der Waals surface area contributed by atoms with Gasteiger partial charge in [0, 0.05) is 6.61 Å². The first-order chi connectivity index (χ1) is 5.34. The third-order valence-corrected chi connectivity index (χ3v) is 2.08. The van der Waals surface area contributed by atoms with Gasteiger partial charge in [-0.3, -0.25) is 0 Å². The van der Waals surface area contributed by atoms with Crippen molar-refractivity contribution >= 4 is 0 Å². The van der Waals surface area contributed by atoms with Crippen molar-refractivity contribution in [2.45, 2.75) is 25.4 Å². The Kier molecular flexibility index (Phi) is 3.60. The molecule has 0 amide bonds. The summed E-state index contributed by atoms with van der Waals surface area (Å²) < 4.78 is 5.48. The van der Waals surface area contributed by atoms with Crippen molar-refractivity contribution in [3.8, 4) is 0 Å². The summed E-state index contributed by atoms with van der Waals surface area (Å²) in [5.74, 6) is 0. The second-order valence-electron chi connectivity index (χ2n) is 3.01. The maximum atomic E-state index is 5.48. The van der Waals surface area contributed by atoms with Crippen LogP contribution < -0.4 is 5.32 Å². The maximum absolute atomic E-state index is 5.48. The monoisotopic (exact) mass is 155 g/mol. The molecule has 2 nitrogen and oxygen atoms in total. The van der Waals surface area contributed by atoms with E-state index in [9.17, 15) is 0 Å². The lowest BCUT2D eigenvalue weighted by Gasteiger charge is -2.11. The molecule has 0 aromatic rings. The highest BCUT2D eigenvalue weighted by Gasteiger charge is 2.17. The van der Waals surface area contributed by atoms with Gasteiger partial charge in [0.05, 0.1) is 6.10 Å². The Morgan fingerprint density at radius 3 is 3.09 bits per heavy atom. The first-order valence-corrected chi connectivity index (χ1v) is 4.28. The zero-order chi connectivity index (χ0) is 8.10. The molecule has 0 aliphatic carbocycles. The average molecular weight is 155 g/mol. The van der Waals surface area contributed by atoms with Gasteiger partial charge in [-0.15, -0.1) is 0 Å². The first kappa shape index (κ1) is 8.75. The number of nitrogens with one attached hydrogen (secondary N) is 1. The molecule has 1 N–H and O–H groups in total. The molecule has 11 heavy (non-hydrogen) atoms. The molecule has 0 bridgehead atoms. The molecule has 0 radical (unpaired) electrons. The van der Waals surface area contributed by atoms with Crippen molar-refractivity contribution in [2.24, 2.45) is 0 Å². The Bertz CT molecular complexity index is 128. The van der Waals surface area contributed by atoms with Crippen LogP contribution >= 0.6 is 0 Å². The van der Waals surface area contributed by atoms with E-state index < -0.39 is 0 Å². The van der Waals surface area contributed by atoms with Gasteiger partial charge < -0.3 is 10.1 Å². The Morgan fingerprint density at radius 2 is 2.55 bits per heavy atom. The van der Waals surface area contributed by atoms with Crippen molar-refractivity contribution in [2.75, 3.05) is 20.2 Å². The summed E-state index contributed by atoms with van der Waals surface area (Å²) in [6.45, 7) is 5.94. The molecule has 0 saturated carbocycles. The Labute approximate surface area is 68.6 Å². The normalized spacial score (nSPS) is 23.9. The van der Waals surface area contributed by atoms with Crippen LogP contribution in [0, 0.1) is 0 Å². The molecule has 1 aliphatic rings. The summed E-state index contributed by atoms with van der Waals surface area (Å²) in [5, 5.41) is 3.11. The Morgan fingerprint density at radius 1 is 1.73 bits per heavy atom. The largest absolute Gasteiger partial charge is 0.374 e. The summed E-state index contributed by atoms with van der Waals surface area (Å²) in [6.07, 6.45) is 3.76. The molecular weight excluding hydrogens is 138 g/mol. The van der Waals surface area contributed by atoms with Crippen molar-refractivity contribution in [3.05, 3.63) is 12.2 Å².